The van der Waals surface area contributed by atoms with E-state index in [1.807, 2.05) is 0 Å². The number of carbonyl (C=O) groups excluding carboxylic acids is 4. The van der Waals surface area contributed by atoms with Crippen LogP contribution >= 0.6 is 7.26 Å². The summed E-state index contributed by atoms with van der Waals surface area (Å²) in [6.07, 6.45) is 6.34. The van der Waals surface area contributed by atoms with Crippen molar-refractivity contribution in [3.05, 3.63) is 131 Å². The molecular weight excluding hydrogens is 853 g/mol. The molecule has 0 aromatic heterocycles. The highest BCUT2D eigenvalue weighted by Crippen LogP contribution is 2.58. The van der Waals surface area contributed by atoms with Gasteiger partial charge in [-0.2, -0.15) is 0 Å². The van der Waals surface area contributed by atoms with E-state index >= 15 is 0 Å². The molecule has 0 aliphatic heterocycles. The van der Waals surface area contributed by atoms with E-state index in [0.29, 0.717) is 12.0 Å². The summed E-state index contributed by atoms with van der Waals surface area (Å²) in [4.78, 5) is 54.5. The number of likely N-dealkylation sites (N-methyl/N-ethyl adjacent to an activating group) is 1. The Labute approximate surface area is 380 Å². The minimum atomic E-state index is -3.01. The van der Waals surface area contributed by atoms with Crippen LogP contribution < -0.4 is 39.4 Å². The first-order valence-electron chi connectivity index (χ1n) is 21.7. The molecule has 14 heteroatoms. The summed E-state index contributed by atoms with van der Waals surface area (Å²) < 4.78 is 0. The number of anilines is 1. The van der Waals surface area contributed by atoms with Gasteiger partial charge in [-0.25, -0.2) is 0 Å². The van der Waals surface area contributed by atoms with Gasteiger partial charge in [-0.15, -0.1) is 0 Å². The molecule has 1 fully saturated rings. The number of fused-ring (bicyclic) bond motifs is 3. The van der Waals surface area contributed by atoms with Gasteiger partial charge in [0.2, 0.25) is 11.7 Å². The summed E-state index contributed by atoms with van der Waals surface area (Å²) in [6.45, 7) is 1.66. The lowest BCUT2D eigenvalue weighted by atomic mass is 9.54. The fourth-order valence-corrected chi connectivity index (χ4v) is 14.7. The second-order valence-electron chi connectivity index (χ2n) is 17.3. The van der Waals surface area contributed by atoms with Crippen molar-refractivity contribution in [2.24, 2.45) is 17.6 Å². The smallest absolute Gasteiger partial charge is 0.255 e. The summed E-state index contributed by atoms with van der Waals surface area (Å²) >= 11 is 0. The average molecular weight is 910 g/mol. The predicted molar refractivity (Wildman–Crippen MR) is 246 cm³/mol. The zero-order chi connectivity index (χ0) is 45.2. The number of hydrogen-bond acceptors (Lipinski definition) is 10. The van der Waals surface area contributed by atoms with E-state index < -0.39 is 88.7 Å². The molecule has 1 saturated carbocycles. The number of phenolic OH excluding ortho intramolecular Hbond substituents is 1. The molecule has 0 spiro atoms. The molecule has 3 aliphatic carbocycles. The maximum absolute atomic E-state index is 14.3. The van der Waals surface area contributed by atoms with Crippen LogP contribution in [0.15, 0.2) is 120 Å². The van der Waals surface area contributed by atoms with Gasteiger partial charge in [0.1, 0.15) is 46.0 Å². The molecule has 6 atom stereocenters. The molecule has 64 heavy (non-hydrogen) atoms. The van der Waals surface area contributed by atoms with Gasteiger partial charge in [0.15, 0.2) is 11.4 Å². The van der Waals surface area contributed by atoms with Gasteiger partial charge in [-0.1, -0.05) is 93.3 Å². The van der Waals surface area contributed by atoms with Crippen LogP contribution in [0.2, 0.25) is 0 Å². The molecule has 2 amide bonds. The zero-order valence-electron chi connectivity index (χ0n) is 36.3. The SMILES string of the molecule is C[C@H]1c2ccc(NC(=O)CCCCCCCCC[P+](c3ccccc3)(c3ccccc3)c3ccccc3)c(O)c2C(O)=C2C(=O)[C@]3(O)C(O)=C(C(N)=O)C(=O)[C@@H](N(C)C)[C@@H]3[C@@H](O)[C@@H]21.[Cl-]. The minimum absolute atomic E-state index is 0. The lowest BCUT2D eigenvalue weighted by molar-refractivity contribution is -0.169. The third-order valence-corrected chi connectivity index (χ3v) is 17.9. The van der Waals surface area contributed by atoms with E-state index in [2.05, 4.69) is 96.3 Å². The van der Waals surface area contributed by atoms with E-state index in [4.69, 9.17) is 5.73 Å². The highest BCUT2D eigenvalue weighted by molar-refractivity contribution is 7.95. The van der Waals surface area contributed by atoms with Crippen LogP contribution in [0.25, 0.3) is 5.76 Å². The Balaban J connectivity index is 0.00000680. The van der Waals surface area contributed by atoms with Crippen molar-refractivity contribution in [1.29, 1.82) is 0 Å². The molecule has 0 bridgehead atoms. The fraction of sp³-hybridized carbons (Fsp3) is 0.360. The molecule has 0 saturated heterocycles. The Hall–Kier alpha value is -5.36. The van der Waals surface area contributed by atoms with Gasteiger partial charge >= 0.3 is 0 Å². The lowest BCUT2D eigenvalue weighted by Crippen LogP contribution is -3.00. The van der Waals surface area contributed by atoms with Crippen LogP contribution in [0.3, 0.4) is 0 Å². The molecule has 7 rings (SSSR count). The number of primary amides is 1. The number of aliphatic hydroxyl groups excluding tert-OH is 3. The molecule has 0 radical (unpaired) electrons. The van der Waals surface area contributed by atoms with Crippen LogP contribution in [-0.2, 0) is 19.2 Å². The van der Waals surface area contributed by atoms with Gasteiger partial charge in [-0.3, -0.25) is 24.1 Å². The summed E-state index contributed by atoms with van der Waals surface area (Å²) in [7, 11) is 1.05. The fourth-order valence-electron chi connectivity index (χ4n) is 10.3. The number of unbranched alkanes of at least 4 members (excludes halogenated alkanes) is 6. The first kappa shape index (κ1) is 48.1. The van der Waals surface area contributed by atoms with Gasteiger partial charge in [0.25, 0.3) is 5.91 Å². The van der Waals surface area contributed by atoms with E-state index in [9.17, 15) is 44.7 Å². The number of aromatic hydroxyl groups is 1. The third-order valence-electron chi connectivity index (χ3n) is 13.4. The monoisotopic (exact) mass is 909 g/mol. The number of nitrogens with zero attached hydrogens (tertiary/aromatic N) is 1. The van der Waals surface area contributed by atoms with E-state index in [-0.39, 0.29) is 36.0 Å². The van der Waals surface area contributed by atoms with Crippen molar-refractivity contribution in [3.8, 4) is 5.75 Å². The van der Waals surface area contributed by atoms with Gasteiger partial charge in [-0.05, 0) is 87.3 Å². The molecule has 0 unspecified atom stereocenters. The van der Waals surface area contributed by atoms with Crippen LogP contribution in [0.1, 0.15) is 75.3 Å². The Bertz CT molecular complexity index is 2350. The lowest BCUT2D eigenvalue weighted by Gasteiger charge is -2.53. The molecule has 0 heterocycles. The number of benzene rings is 4. The highest BCUT2D eigenvalue weighted by Gasteiger charge is 2.68. The van der Waals surface area contributed by atoms with Crippen molar-refractivity contribution < 1.29 is 57.1 Å². The molecule has 338 valence electrons. The molecule has 4 aromatic carbocycles. The van der Waals surface area contributed by atoms with Crippen LogP contribution in [0, 0.1) is 11.8 Å². The molecule has 12 nitrogen and oxygen atoms in total. The van der Waals surface area contributed by atoms with Crippen molar-refractivity contribution in [3.63, 3.8) is 0 Å². The van der Waals surface area contributed by atoms with Crippen LogP contribution in [0.5, 0.6) is 5.75 Å². The zero-order valence-corrected chi connectivity index (χ0v) is 37.9. The number of ketones is 2. The summed E-state index contributed by atoms with van der Waals surface area (Å²) in [6, 6.07) is 34.3. The van der Waals surface area contributed by atoms with Gasteiger partial charge < -0.3 is 49.0 Å². The van der Waals surface area contributed by atoms with Crippen LogP contribution in [-0.4, -0.2) is 91.8 Å². The second-order valence-corrected chi connectivity index (χ2v) is 20.9. The Morgan fingerprint density at radius 1 is 0.766 bits per heavy atom. The van der Waals surface area contributed by atoms with Crippen molar-refractivity contribution in [2.45, 2.75) is 82.0 Å². The van der Waals surface area contributed by atoms with Crippen molar-refractivity contribution in [2.75, 3.05) is 25.6 Å². The maximum Gasteiger partial charge on any atom is 0.255 e. The number of hydrogen-bond donors (Lipinski definition) is 7. The average Bonchev–Trinajstić information content (AvgIpc) is 3.27. The van der Waals surface area contributed by atoms with Gasteiger partial charge in [0.05, 0.1) is 35.5 Å². The topological polar surface area (TPSA) is 211 Å². The van der Waals surface area contributed by atoms with E-state index in [1.54, 1.807) is 13.0 Å². The number of carbonyl (C=O) groups is 4. The number of aliphatic hydroxyl groups is 4. The van der Waals surface area contributed by atoms with E-state index in [1.165, 1.54) is 41.0 Å². The Morgan fingerprint density at radius 2 is 1.27 bits per heavy atom. The molecule has 4 aromatic rings. The predicted octanol–water partition coefficient (Wildman–Crippen LogP) is 2.55. The summed E-state index contributed by atoms with van der Waals surface area (Å²) in [5, 5.41) is 64.9. The highest BCUT2D eigenvalue weighted by atomic mass is 35.5. The quantitative estimate of drug-likeness (QED) is 0.0378. The number of Topliss-reactive ketones (excluding diaryl/α,β-unsaturated/α-hetero) is 2. The first-order chi connectivity index (χ1) is 30.2. The van der Waals surface area contributed by atoms with Crippen LogP contribution in [0.4, 0.5) is 5.69 Å². The summed E-state index contributed by atoms with van der Waals surface area (Å²) in [5.41, 5.74) is 1.09. The number of amides is 2. The minimum Gasteiger partial charge on any atom is -1.00 e. The van der Waals surface area contributed by atoms with Gasteiger partial charge in [0, 0.05) is 17.9 Å². The second kappa shape index (κ2) is 19.8. The normalized spacial score (nSPS) is 22.9. The van der Waals surface area contributed by atoms with E-state index in [0.717, 1.165) is 44.7 Å². The molecule has 3 aliphatic rings. The standard InChI is InChI=1S/C50H56N3O9P.ClH/c1-30-34-27-28-35(43(55)38(34)44(56)39-37(30)45(57)41-42(53(2)3)46(58)40(49(51)61)48(60)50(41,62)47(39)59)52-36(54)26-18-7-5-4-6-8-19-29-63(31-20-12-9-13-21-31,32-22-14-10-15-23-32)33-24-16-11-17-25-33;/h9-17,20-25,27-28,30,37,41-42,45,57,62H,4-8,18-19,26,29H2,1-3H3,(H5-,51,52,54,55,56,58,59,60,61);1H/t30-,37+,41+,42-,45-,50-;/m0./s1. The number of halogens is 1. The largest absolute Gasteiger partial charge is 1.00 e. The number of phenols is 1. The molecular formula is C50H57ClN3O9P. The number of rotatable bonds is 16. The van der Waals surface area contributed by atoms with Crippen molar-refractivity contribution >= 4 is 58.0 Å². The third kappa shape index (κ3) is 8.38. The number of nitrogens with two attached hydrogens (primary N) is 1. The summed E-state index contributed by atoms with van der Waals surface area (Å²) in [5.74, 6) is -10.1. The van der Waals surface area contributed by atoms with Crippen molar-refractivity contribution in [1.82, 2.24) is 4.90 Å². The maximum atomic E-state index is 14.3. The Kier molecular flexibility index (Phi) is 14.9. The molecule has 8 N–H and O–H groups in total. The number of nitrogens with one attached hydrogen (secondary N) is 1. The first-order valence-corrected chi connectivity index (χ1v) is 23.7. The Morgan fingerprint density at radius 3 is 1.77 bits per heavy atom.